The van der Waals surface area contributed by atoms with Crippen LogP contribution in [0.4, 0.5) is 0 Å². The Morgan fingerprint density at radius 1 is 0.848 bits per heavy atom. The van der Waals surface area contributed by atoms with E-state index in [1.54, 1.807) is 0 Å². The van der Waals surface area contributed by atoms with E-state index in [4.69, 9.17) is 0 Å². The van der Waals surface area contributed by atoms with E-state index in [-0.39, 0.29) is 28.3 Å². The fourth-order valence-electron chi connectivity index (χ4n) is 10.1. The molecule has 0 aromatic rings. The molecule has 9 atom stereocenters. The molecule has 0 aliphatic heterocycles. The van der Waals surface area contributed by atoms with Gasteiger partial charge >= 0.3 is 5.97 Å². The highest BCUT2D eigenvalue weighted by Crippen LogP contribution is 2.68. The minimum Gasteiger partial charge on any atom is -0.481 e. The minimum absolute atomic E-state index is 0.0259. The summed E-state index contributed by atoms with van der Waals surface area (Å²) in [6.07, 6.45) is 11.3. The van der Waals surface area contributed by atoms with Gasteiger partial charge in [0.1, 0.15) is 0 Å². The smallest absolute Gasteiger partial charge is 0.309 e. The minimum atomic E-state index is -0.556. The van der Waals surface area contributed by atoms with E-state index in [0.717, 1.165) is 51.4 Å². The molecule has 4 aliphatic carbocycles. The van der Waals surface area contributed by atoms with Gasteiger partial charge in [0.25, 0.3) is 0 Å². The molecule has 4 rings (SSSR count). The molecule has 9 unspecified atom stereocenters. The van der Waals surface area contributed by atoms with E-state index in [1.165, 1.54) is 24.8 Å². The molecule has 3 heteroatoms. The number of hydrogen-bond donors (Lipinski definition) is 2. The highest BCUT2D eigenvalue weighted by molar-refractivity contribution is 5.75. The van der Waals surface area contributed by atoms with Gasteiger partial charge in [-0.25, -0.2) is 0 Å². The molecule has 2 N–H and O–H groups in total. The van der Waals surface area contributed by atoms with Gasteiger partial charge in [0.15, 0.2) is 0 Å². The molecule has 0 bridgehead atoms. The number of hydrogen-bond acceptors (Lipinski definition) is 2. The van der Waals surface area contributed by atoms with Crippen LogP contribution in [0.25, 0.3) is 0 Å². The van der Waals surface area contributed by atoms with Crippen LogP contribution in [0.2, 0.25) is 0 Å². The monoisotopic (exact) mass is 458 g/mol. The average Bonchev–Trinajstić information content (AvgIpc) is 3.11. The molecule has 4 saturated carbocycles. The zero-order valence-corrected chi connectivity index (χ0v) is 22.3. The van der Waals surface area contributed by atoms with Crippen molar-refractivity contribution in [2.75, 3.05) is 0 Å². The number of rotatable bonds is 2. The second kappa shape index (κ2) is 8.38. The lowest BCUT2D eigenvalue weighted by atomic mass is 9.40. The van der Waals surface area contributed by atoms with Crippen LogP contribution in [0.3, 0.4) is 0 Å². The molecule has 0 saturated heterocycles. The van der Waals surface area contributed by atoms with Gasteiger partial charge in [-0.2, -0.15) is 0 Å². The fourth-order valence-corrected chi connectivity index (χ4v) is 10.1. The van der Waals surface area contributed by atoms with Crippen molar-refractivity contribution >= 4 is 5.97 Å². The van der Waals surface area contributed by atoms with Crippen molar-refractivity contribution in [2.24, 2.45) is 51.2 Å². The summed E-state index contributed by atoms with van der Waals surface area (Å²) in [4.78, 5) is 12.7. The Bertz CT molecular complexity index is 785. The molecule has 0 spiro atoms. The number of aliphatic carboxylic acids is 1. The zero-order chi connectivity index (χ0) is 24.4. The van der Waals surface area contributed by atoms with Crippen LogP contribution in [0.1, 0.15) is 112 Å². The Hall–Kier alpha value is -0.830. The maximum absolute atomic E-state index is 12.7. The summed E-state index contributed by atoms with van der Waals surface area (Å²) in [5.74, 6) is 1.78. The summed E-state index contributed by atoms with van der Waals surface area (Å²) in [6.45, 7) is 18.5. The third-order valence-electron chi connectivity index (χ3n) is 12.4. The van der Waals surface area contributed by atoms with Gasteiger partial charge < -0.3 is 10.2 Å². The standard InChI is InChI=1S/C30H50O3/c1-19(2)21-12-18-30(26(32)33)17-11-20(3)28(6)15-13-23-27(4,5)25(31)14-16-29(23,7)24(28)10-8-9-22(21)30/h20-25,31H,1,8-18H2,2-7H3,(H,32,33). The van der Waals surface area contributed by atoms with Crippen molar-refractivity contribution in [3.63, 3.8) is 0 Å². The number of aliphatic hydroxyl groups is 1. The highest BCUT2D eigenvalue weighted by Gasteiger charge is 2.62. The van der Waals surface area contributed by atoms with Crippen LogP contribution >= 0.6 is 0 Å². The summed E-state index contributed by atoms with van der Waals surface area (Å²) in [7, 11) is 0. The largest absolute Gasteiger partial charge is 0.481 e. The second-order valence-corrected chi connectivity index (χ2v) is 14.0. The normalized spacial score (nSPS) is 49.9. The van der Waals surface area contributed by atoms with Crippen LogP contribution in [-0.4, -0.2) is 22.3 Å². The lowest BCUT2D eigenvalue weighted by Gasteiger charge is -2.65. The predicted octanol–water partition coefficient (Wildman–Crippen LogP) is 7.48. The van der Waals surface area contributed by atoms with E-state index in [2.05, 4.69) is 48.1 Å². The molecule has 4 aliphatic rings. The summed E-state index contributed by atoms with van der Waals surface area (Å²) < 4.78 is 0. The predicted molar refractivity (Wildman–Crippen MR) is 135 cm³/mol. The maximum atomic E-state index is 12.7. The van der Waals surface area contributed by atoms with Gasteiger partial charge in [0.05, 0.1) is 11.5 Å². The van der Waals surface area contributed by atoms with Crippen molar-refractivity contribution in [2.45, 2.75) is 118 Å². The van der Waals surface area contributed by atoms with E-state index in [1.807, 2.05) is 0 Å². The average molecular weight is 459 g/mol. The Kier molecular flexibility index (Phi) is 6.42. The molecule has 0 amide bonds. The molecule has 0 aromatic carbocycles. The van der Waals surface area contributed by atoms with Crippen molar-refractivity contribution in [3.05, 3.63) is 12.2 Å². The SMILES string of the molecule is C=C(C)C1CCC2(C(=O)O)CCC(C)C3(C)CCC4C(C)(C)C(O)CCC4(C)C3CCCC12. The second-order valence-electron chi connectivity index (χ2n) is 14.0. The first-order valence-corrected chi connectivity index (χ1v) is 13.9. The highest BCUT2D eigenvalue weighted by atomic mass is 16.4. The molecule has 0 radical (unpaired) electrons. The first kappa shape index (κ1) is 25.3. The Labute approximate surface area is 202 Å². The Morgan fingerprint density at radius 3 is 2.12 bits per heavy atom. The van der Waals surface area contributed by atoms with Gasteiger partial charge in [0.2, 0.25) is 0 Å². The van der Waals surface area contributed by atoms with E-state index >= 15 is 0 Å². The fraction of sp³-hybridized carbons (Fsp3) is 0.900. The molecule has 188 valence electrons. The lowest BCUT2D eigenvalue weighted by Crippen LogP contribution is -2.59. The van der Waals surface area contributed by atoms with E-state index in [0.29, 0.717) is 23.7 Å². The summed E-state index contributed by atoms with van der Waals surface area (Å²) in [5.41, 5.74) is 1.12. The molecule has 33 heavy (non-hydrogen) atoms. The first-order chi connectivity index (χ1) is 15.3. The first-order valence-electron chi connectivity index (χ1n) is 13.9. The van der Waals surface area contributed by atoms with Crippen LogP contribution < -0.4 is 0 Å². The Morgan fingerprint density at radius 2 is 1.48 bits per heavy atom. The topological polar surface area (TPSA) is 57.5 Å². The molecule has 0 aromatic heterocycles. The van der Waals surface area contributed by atoms with Gasteiger partial charge in [0, 0.05) is 0 Å². The van der Waals surface area contributed by atoms with Crippen molar-refractivity contribution in [1.29, 1.82) is 0 Å². The van der Waals surface area contributed by atoms with Gasteiger partial charge in [-0.1, -0.05) is 53.2 Å². The van der Waals surface area contributed by atoms with Crippen LogP contribution in [0, 0.1) is 51.2 Å². The van der Waals surface area contributed by atoms with Gasteiger partial charge in [-0.3, -0.25) is 4.79 Å². The number of aliphatic hydroxyl groups excluding tert-OH is 1. The van der Waals surface area contributed by atoms with Crippen molar-refractivity contribution < 1.29 is 15.0 Å². The molecular formula is C30H50O3. The number of carboxylic acids is 1. The molecular weight excluding hydrogens is 408 g/mol. The summed E-state index contributed by atoms with van der Waals surface area (Å²) in [6, 6.07) is 0. The van der Waals surface area contributed by atoms with E-state index < -0.39 is 11.4 Å². The third-order valence-corrected chi connectivity index (χ3v) is 12.4. The molecule has 3 nitrogen and oxygen atoms in total. The van der Waals surface area contributed by atoms with Gasteiger partial charge in [-0.15, -0.1) is 0 Å². The van der Waals surface area contributed by atoms with Crippen LogP contribution in [0.5, 0.6) is 0 Å². The summed E-state index contributed by atoms with van der Waals surface area (Å²) in [5, 5.41) is 21.4. The van der Waals surface area contributed by atoms with Gasteiger partial charge in [-0.05, 0) is 117 Å². The van der Waals surface area contributed by atoms with Crippen LogP contribution in [-0.2, 0) is 4.79 Å². The number of carboxylic acid groups (broad SMARTS) is 1. The third kappa shape index (κ3) is 3.66. The zero-order valence-electron chi connectivity index (χ0n) is 22.3. The Balaban J connectivity index is 1.69. The maximum Gasteiger partial charge on any atom is 0.309 e. The van der Waals surface area contributed by atoms with E-state index in [9.17, 15) is 15.0 Å². The number of carbonyl (C=O) groups is 1. The molecule has 0 heterocycles. The van der Waals surface area contributed by atoms with Crippen LogP contribution in [0.15, 0.2) is 12.2 Å². The summed E-state index contributed by atoms with van der Waals surface area (Å²) >= 11 is 0. The quantitative estimate of drug-likeness (QED) is 0.422. The number of allylic oxidation sites excluding steroid dienone is 1. The lowest BCUT2D eigenvalue weighted by molar-refractivity contribution is -0.185. The van der Waals surface area contributed by atoms with Crippen molar-refractivity contribution in [1.82, 2.24) is 0 Å². The van der Waals surface area contributed by atoms with Crippen molar-refractivity contribution in [3.8, 4) is 0 Å². The number of fused-ring (bicyclic) bond motifs is 4. The molecule has 4 fully saturated rings.